The predicted molar refractivity (Wildman–Crippen MR) is 90.7 cm³/mol. The lowest BCUT2D eigenvalue weighted by atomic mass is 10.1. The molecule has 1 aromatic carbocycles. The van der Waals surface area contributed by atoms with Gasteiger partial charge in [0.25, 0.3) is 5.56 Å². The summed E-state index contributed by atoms with van der Waals surface area (Å²) in [5, 5.41) is 9.28. The Kier molecular flexibility index (Phi) is 6.15. The number of hydrogen-bond donors (Lipinski definition) is 1. The molecule has 0 saturated carbocycles. The van der Waals surface area contributed by atoms with Crippen molar-refractivity contribution in [1.82, 2.24) is 9.97 Å². The van der Waals surface area contributed by atoms with Gasteiger partial charge in [0.05, 0.1) is 25.3 Å². The smallest absolute Gasteiger partial charge is 0.311 e. The fourth-order valence-electron chi connectivity index (χ4n) is 2.04. The van der Waals surface area contributed by atoms with Crippen LogP contribution in [0.5, 0.6) is 0 Å². The van der Waals surface area contributed by atoms with Gasteiger partial charge in [-0.05, 0) is 18.9 Å². The number of nitrogens with zero attached hydrogens (tertiary/aromatic N) is 2. The monoisotopic (exact) mass is 343 g/mol. The molecule has 0 fully saturated rings. The first-order valence-corrected chi connectivity index (χ1v) is 8.17. The predicted octanol–water partition coefficient (Wildman–Crippen LogP) is 2.02. The molecule has 0 radical (unpaired) electrons. The standard InChI is InChI=1S/C17H17N3O3S/c1-11-3-5-12(6-4-11)7-14(10-18)24-17-19-13(8-15(21)20-17)9-16(22)23-2/h3-6,8,14H,7,9H2,1-2H3,(H,19,20,21)/t14-/m0/s1. The number of methoxy groups -OCH3 is 1. The second-order valence-corrected chi connectivity index (χ2v) is 6.41. The zero-order valence-corrected chi connectivity index (χ0v) is 14.2. The minimum Gasteiger partial charge on any atom is -0.469 e. The van der Waals surface area contributed by atoms with Crippen LogP contribution >= 0.6 is 11.8 Å². The SMILES string of the molecule is COC(=O)Cc1cc(=O)[nH]c(S[C@H](C#N)Cc2ccc(C)cc2)n1. The van der Waals surface area contributed by atoms with Gasteiger partial charge in [0.2, 0.25) is 0 Å². The number of carbonyl (C=O) groups is 1. The van der Waals surface area contributed by atoms with Crippen molar-refractivity contribution in [3.63, 3.8) is 0 Å². The number of benzene rings is 1. The average molecular weight is 343 g/mol. The molecule has 1 heterocycles. The van der Waals surface area contributed by atoms with E-state index in [9.17, 15) is 14.9 Å². The van der Waals surface area contributed by atoms with Gasteiger partial charge in [0.15, 0.2) is 5.16 Å². The maximum Gasteiger partial charge on any atom is 0.311 e. The van der Waals surface area contributed by atoms with Gasteiger partial charge in [-0.3, -0.25) is 9.59 Å². The third kappa shape index (κ3) is 5.25. The van der Waals surface area contributed by atoms with Gasteiger partial charge in [-0.2, -0.15) is 5.26 Å². The van der Waals surface area contributed by atoms with Crippen LogP contribution in [0.15, 0.2) is 40.3 Å². The van der Waals surface area contributed by atoms with E-state index in [-0.39, 0.29) is 12.0 Å². The van der Waals surface area contributed by atoms with Crippen molar-refractivity contribution in [3.8, 4) is 6.07 Å². The second kappa shape index (κ2) is 8.31. The van der Waals surface area contributed by atoms with E-state index in [1.54, 1.807) is 0 Å². The molecule has 0 saturated heterocycles. The Hall–Kier alpha value is -2.59. The van der Waals surface area contributed by atoms with Gasteiger partial charge in [-0.25, -0.2) is 4.98 Å². The van der Waals surface area contributed by atoms with Gasteiger partial charge in [-0.15, -0.1) is 0 Å². The molecule has 0 aliphatic rings. The molecule has 0 unspecified atom stereocenters. The fourth-order valence-corrected chi connectivity index (χ4v) is 2.96. The number of carbonyl (C=O) groups excluding carboxylic acids is 1. The van der Waals surface area contributed by atoms with Crippen molar-refractivity contribution < 1.29 is 9.53 Å². The number of hydrogen-bond acceptors (Lipinski definition) is 6. The zero-order valence-electron chi connectivity index (χ0n) is 13.4. The zero-order chi connectivity index (χ0) is 17.5. The molecule has 6 nitrogen and oxygen atoms in total. The lowest BCUT2D eigenvalue weighted by Crippen LogP contribution is -2.15. The first-order chi connectivity index (χ1) is 11.5. The van der Waals surface area contributed by atoms with Gasteiger partial charge < -0.3 is 9.72 Å². The summed E-state index contributed by atoms with van der Waals surface area (Å²) in [6, 6.07) is 11.4. The van der Waals surface area contributed by atoms with Crippen LogP contribution in [0.2, 0.25) is 0 Å². The second-order valence-electron chi connectivity index (χ2n) is 5.22. The van der Waals surface area contributed by atoms with Gasteiger partial charge >= 0.3 is 5.97 Å². The molecule has 124 valence electrons. The molecule has 2 rings (SSSR count). The molecule has 0 bridgehead atoms. The maximum absolute atomic E-state index is 11.7. The molecule has 0 spiro atoms. The van der Waals surface area contributed by atoms with Crippen molar-refractivity contribution in [2.45, 2.75) is 30.2 Å². The summed E-state index contributed by atoms with van der Waals surface area (Å²) in [7, 11) is 1.28. The number of rotatable bonds is 6. The summed E-state index contributed by atoms with van der Waals surface area (Å²) in [4.78, 5) is 29.8. The minimum atomic E-state index is -0.472. The Balaban J connectivity index is 2.12. The highest BCUT2D eigenvalue weighted by Crippen LogP contribution is 2.22. The van der Waals surface area contributed by atoms with E-state index in [2.05, 4.69) is 20.8 Å². The molecule has 1 atom stereocenters. The third-order valence-corrected chi connectivity index (χ3v) is 4.24. The fraction of sp³-hybridized carbons (Fsp3) is 0.294. The lowest BCUT2D eigenvalue weighted by molar-refractivity contribution is -0.139. The highest BCUT2D eigenvalue weighted by atomic mass is 32.2. The summed E-state index contributed by atoms with van der Waals surface area (Å²) in [5.74, 6) is -0.472. The molecule has 7 heteroatoms. The van der Waals surface area contributed by atoms with Crippen LogP contribution in [0.4, 0.5) is 0 Å². The molecular weight excluding hydrogens is 326 g/mol. The maximum atomic E-state index is 11.7. The van der Waals surface area contributed by atoms with E-state index in [1.807, 2.05) is 31.2 Å². The molecular formula is C17H17N3O3S. The summed E-state index contributed by atoms with van der Waals surface area (Å²) < 4.78 is 4.57. The van der Waals surface area contributed by atoms with Crippen LogP contribution in [-0.2, 0) is 22.4 Å². The van der Waals surface area contributed by atoms with Crippen molar-refractivity contribution >= 4 is 17.7 Å². The summed E-state index contributed by atoms with van der Waals surface area (Å²) >= 11 is 1.17. The average Bonchev–Trinajstić information content (AvgIpc) is 2.55. The number of ether oxygens (including phenoxy) is 1. The molecule has 0 aliphatic heterocycles. The Morgan fingerprint density at radius 3 is 2.75 bits per heavy atom. The molecule has 24 heavy (non-hydrogen) atoms. The van der Waals surface area contributed by atoms with Crippen molar-refractivity contribution in [2.24, 2.45) is 0 Å². The number of nitrogens with one attached hydrogen (secondary N) is 1. The van der Waals surface area contributed by atoms with Gasteiger partial charge in [-0.1, -0.05) is 41.6 Å². The van der Waals surface area contributed by atoms with Crippen molar-refractivity contribution in [1.29, 1.82) is 5.26 Å². The van der Waals surface area contributed by atoms with Crippen LogP contribution in [-0.4, -0.2) is 28.3 Å². The van der Waals surface area contributed by atoms with E-state index in [0.29, 0.717) is 17.3 Å². The lowest BCUT2D eigenvalue weighted by Gasteiger charge is -2.09. The minimum absolute atomic E-state index is 0.0802. The Labute approximate surface area is 143 Å². The molecule has 1 aromatic heterocycles. The third-order valence-electron chi connectivity index (χ3n) is 3.27. The first-order valence-electron chi connectivity index (χ1n) is 7.29. The number of aromatic nitrogens is 2. The number of H-pyrrole nitrogens is 1. The van der Waals surface area contributed by atoms with Crippen LogP contribution in [0.25, 0.3) is 0 Å². The highest BCUT2D eigenvalue weighted by molar-refractivity contribution is 8.00. The summed E-state index contributed by atoms with van der Waals surface area (Å²) in [6.07, 6.45) is 0.454. The number of aryl methyl sites for hydroxylation is 1. The number of thioether (sulfide) groups is 1. The van der Waals surface area contributed by atoms with E-state index in [4.69, 9.17) is 0 Å². The number of nitriles is 1. The quantitative estimate of drug-likeness (QED) is 0.490. The Morgan fingerprint density at radius 1 is 1.42 bits per heavy atom. The van der Waals surface area contributed by atoms with E-state index < -0.39 is 11.2 Å². The molecule has 2 aromatic rings. The number of esters is 1. The van der Waals surface area contributed by atoms with E-state index in [0.717, 1.165) is 11.1 Å². The van der Waals surface area contributed by atoms with E-state index in [1.165, 1.54) is 24.9 Å². The van der Waals surface area contributed by atoms with Crippen LogP contribution in [0.3, 0.4) is 0 Å². The van der Waals surface area contributed by atoms with Crippen molar-refractivity contribution in [3.05, 3.63) is 57.5 Å². The van der Waals surface area contributed by atoms with Crippen LogP contribution in [0.1, 0.15) is 16.8 Å². The number of aromatic amines is 1. The van der Waals surface area contributed by atoms with Gasteiger partial charge in [0, 0.05) is 6.07 Å². The first kappa shape index (κ1) is 17.8. The topological polar surface area (TPSA) is 95.8 Å². The van der Waals surface area contributed by atoms with Crippen LogP contribution in [0, 0.1) is 18.3 Å². The Bertz CT molecular complexity index is 809. The summed E-state index contributed by atoms with van der Waals surface area (Å²) in [6.45, 7) is 2.00. The van der Waals surface area contributed by atoms with Crippen LogP contribution < -0.4 is 5.56 Å². The van der Waals surface area contributed by atoms with Gasteiger partial charge in [0.1, 0.15) is 5.25 Å². The normalized spacial score (nSPS) is 11.5. The largest absolute Gasteiger partial charge is 0.469 e. The molecule has 1 N–H and O–H groups in total. The van der Waals surface area contributed by atoms with E-state index >= 15 is 0 Å². The van der Waals surface area contributed by atoms with Crippen molar-refractivity contribution in [2.75, 3.05) is 7.11 Å². The highest BCUT2D eigenvalue weighted by Gasteiger charge is 2.14. The molecule has 0 amide bonds. The molecule has 0 aliphatic carbocycles. The Morgan fingerprint density at radius 2 is 2.12 bits per heavy atom. The summed E-state index contributed by atoms with van der Waals surface area (Å²) in [5.41, 5.74) is 2.15.